The molecule has 1 aliphatic rings. The van der Waals surface area contributed by atoms with Crippen molar-refractivity contribution in [2.24, 2.45) is 10.9 Å². The van der Waals surface area contributed by atoms with Crippen LogP contribution in [-0.2, 0) is 4.79 Å². The Hall–Kier alpha value is -2.54. The standard InChI is InChI=1S/C21H27N5OS/c1-2-23-21(24-14-20(27)25-18-7-6-11-22-13-18)26-12-10-17(15-26)16-28-19-8-4-3-5-9-19/h3-9,11,13,17H,2,10,12,14-16H2,1H3,(H,23,24)(H,25,27). The molecular formula is C21H27N5OS. The summed E-state index contributed by atoms with van der Waals surface area (Å²) >= 11 is 1.91. The summed E-state index contributed by atoms with van der Waals surface area (Å²) in [7, 11) is 0. The topological polar surface area (TPSA) is 69.6 Å². The molecule has 1 amide bonds. The van der Waals surface area contributed by atoms with Crippen molar-refractivity contribution in [3.8, 4) is 0 Å². The van der Waals surface area contributed by atoms with Gasteiger partial charge in [0.2, 0.25) is 5.91 Å². The number of aliphatic imine (C=N–C) groups is 1. The lowest BCUT2D eigenvalue weighted by atomic mass is 10.2. The lowest BCUT2D eigenvalue weighted by Crippen LogP contribution is -2.40. The fourth-order valence-corrected chi connectivity index (χ4v) is 4.15. The molecule has 0 spiro atoms. The molecule has 2 aromatic rings. The number of thioether (sulfide) groups is 1. The van der Waals surface area contributed by atoms with E-state index in [1.807, 2.05) is 30.8 Å². The minimum atomic E-state index is -0.140. The van der Waals surface area contributed by atoms with E-state index in [0.717, 1.165) is 37.8 Å². The maximum Gasteiger partial charge on any atom is 0.246 e. The largest absolute Gasteiger partial charge is 0.357 e. The average Bonchev–Trinajstić information content (AvgIpc) is 3.20. The van der Waals surface area contributed by atoms with Crippen molar-refractivity contribution < 1.29 is 4.79 Å². The van der Waals surface area contributed by atoms with Gasteiger partial charge in [-0.1, -0.05) is 18.2 Å². The first-order chi connectivity index (χ1) is 13.7. The van der Waals surface area contributed by atoms with Crippen molar-refractivity contribution in [2.75, 3.05) is 37.2 Å². The van der Waals surface area contributed by atoms with Gasteiger partial charge >= 0.3 is 0 Å². The number of amides is 1. The Morgan fingerprint density at radius 1 is 1.29 bits per heavy atom. The van der Waals surface area contributed by atoms with Crippen molar-refractivity contribution in [3.63, 3.8) is 0 Å². The minimum absolute atomic E-state index is 0.0944. The quantitative estimate of drug-likeness (QED) is 0.427. The van der Waals surface area contributed by atoms with Crippen LogP contribution in [-0.4, -0.2) is 53.7 Å². The zero-order valence-electron chi connectivity index (χ0n) is 16.2. The van der Waals surface area contributed by atoms with Crippen molar-refractivity contribution >= 4 is 29.3 Å². The van der Waals surface area contributed by atoms with E-state index in [1.54, 1.807) is 18.5 Å². The molecule has 6 nitrogen and oxygen atoms in total. The SMILES string of the molecule is CCNC(=NCC(=O)Nc1cccnc1)N1CCC(CSc2ccccc2)C1. The first-order valence-electron chi connectivity index (χ1n) is 9.65. The number of guanidine groups is 1. The molecule has 1 fully saturated rings. The molecule has 1 aromatic carbocycles. The molecule has 0 bridgehead atoms. The third kappa shape index (κ3) is 6.27. The highest BCUT2D eigenvalue weighted by Gasteiger charge is 2.25. The molecule has 1 aromatic heterocycles. The highest BCUT2D eigenvalue weighted by atomic mass is 32.2. The molecular weight excluding hydrogens is 370 g/mol. The number of hydrogen-bond donors (Lipinski definition) is 2. The predicted molar refractivity (Wildman–Crippen MR) is 116 cm³/mol. The Balaban J connectivity index is 1.50. The second kappa shape index (κ2) is 10.7. The number of anilines is 1. The maximum atomic E-state index is 12.2. The van der Waals surface area contributed by atoms with Gasteiger partial charge in [-0.25, -0.2) is 4.99 Å². The van der Waals surface area contributed by atoms with E-state index >= 15 is 0 Å². The van der Waals surface area contributed by atoms with E-state index in [2.05, 4.69) is 49.8 Å². The molecule has 0 saturated carbocycles. The van der Waals surface area contributed by atoms with Crippen LogP contribution in [0.2, 0.25) is 0 Å². The molecule has 1 atom stereocenters. The number of rotatable bonds is 7. The molecule has 0 aliphatic carbocycles. The number of nitrogens with zero attached hydrogens (tertiary/aromatic N) is 3. The van der Waals surface area contributed by atoms with Gasteiger partial charge in [0.1, 0.15) is 6.54 Å². The molecule has 1 saturated heterocycles. The lowest BCUT2D eigenvalue weighted by molar-refractivity contribution is -0.114. The predicted octanol–water partition coefficient (Wildman–Crippen LogP) is 3.10. The zero-order valence-corrected chi connectivity index (χ0v) is 17.0. The summed E-state index contributed by atoms with van der Waals surface area (Å²) in [5.74, 6) is 2.40. The second-order valence-corrected chi connectivity index (χ2v) is 7.78. The van der Waals surface area contributed by atoms with E-state index < -0.39 is 0 Å². The molecule has 7 heteroatoms. The van der Waals surface area contributed by atoms with Crippen LogP contribution in [0, 0.1) is 5.92 Å². The molecule has 0 radical (unpaired) electrons. The van der Waals surface area contributed by atoms with Crippen molar-refractivity contribution in [3.05, 3.63) is 54.9 Å². The van der Waals surface area contributed by atoms with E-state index in [1.165, 1.54) is 4.90 Å². The zero-order chi connectivity index (χ0) is 19.6. The second-order valence-electron chi connectivity index (χ2n) is 6.68. The number of benzene rings is 1. The Labute approximate surface area is 170 Å². The van der Waals surface area contributed by atoms with Crippen LogP contribution in [0.1, 0.15) is 13.3 Å². The normalized spacial score (nSPS) is 16.8. The molecule has 1 aliphatic heterocycles. The molecule has 1 unspecified atom stereocenters. The van der Waals surface area contributed by atoms with Gasteiger partial charge in [-0.05, 0) is 43.5 Å². The van der Waals surface area contributed by atoms with Gasteiger partial charge in [0.15, 0.2) is 5.96 Å². The van der Waals surface area contributed by atoms with Crippen LogP contribution in [0.3, 0.4) is 0 Å². The number of carbonyl (C=O) groups excluding carboxylic acids is 1. The molecule has 2 N–H and O–H groups in total. The highest BCUT2D eigenvalue weighted by Crippen LogP contribution is 2.25. The number of hydrogen-bond acceptors (Lipinski definition) is 4. The van der Waals surface area contributed by atoms with Crippen LogP contribution in [0.15, 0.2) is 64.7 Å². The summed E-state index contributed by atoms with van der Waals surface area (Å²) in [6, 6.07) is 14.1. The molecule has 2 heterocycles. The maximum absolute atomic E-state index is 12.2. The number of pyridine rings is 1. The third-order valence-electron chi connectivity index (χ3n) is 4.47. The van der Waals surface area contributed by atoms with Gasteiger partial charge in [0.25, 0.3) is 0 Å². The van der Waals surface area contributed by atoms with Crippen LogP contribution in [0.4, 0.5) is 5.69 Å². The summed E-state index contributed by atoms with van der Waals surface area (Å²) in [6.07, 6.45) is 4.45. The van der Waals surface area contributed by atoms with Crippen molar-refractivity contribution in [1.82, 2.24) is 15.2 Å². The number of carbonyl (C=O) groups is 1. The van der Waals surface area contributed by atoms with Gasteiger partial charge in [-0.3, -0.25) is 9.78 Å². The van der Waals surface area contributed by atoms with Gasteiger partial charge in [0, 0.05) is 36.5 Å². The van der Waals surface area contributed by atoms with E-state index in [9.17, 15) is 4.79 Å². The van der Waals surface area contributed by atoms with Crippen LogP contribution < -0.4 is 10.6 Å². The summed E-state index contributed by atoms with van der Waals surface area (Å²) in [5, 5.41) is 6.13. The van der Waals surface area contributed by atoms with Crippen LogP contribution in [0.5, 0.6) is 0 Å². The fourth-order valence-electron chi connectivity index (χ4n) is 3.10. The van der Waals surface area contributed by atoms with Gasteiger partial charge < -0.3 is 15.5 Å². The van der Waals surface area contributed by atoms with Gasteiger partial charge in [-0.2, -0.15) is 0 Å². The smallest absolute Gasteiger partial charge is 0.246 e. The van der Waals surface area contributed by atoms with Gasteiger partial charge in [-0.15, -0.1) is 11.8 Å². The highest BCUT2D eigenvalue weighted by molar-refractivity contribution is 7.99. The van der Waals surface area contributed by atoms with Crippen LogP contribution >= 0.6 is 11.8 Å². The number of likely N-dealkylation sites (tertiary alicyclic amines) is 1. The lowest BCUT2D eigenvalue weighted by Gasteiger charge is -2.21. The first-order valence-corrected chi connectivity index (χ1v) is 10.6. The Kier molecular flexibility index (Phi) is 7.72. The summed E-state index contributed by atoms with van der Waals surface area (Å²) in [6.45, 7) is 4.86. The Bertz CT molecular complexity index is 769. The summed E-state index contributed by atoms with van der Waals surface area (Å²) < 4.78 is 0. The summed E-state index contributed by atoms with van der Waals surface area (Å²) in [5.41, 5.74) is 0.687. The third-order valence-corrected chi connectivity index (χ3v) is 5.71. The first kappa shape index (κ1) is 20.2. The molecule has 3 rings (SSSR count). The fraction of sp³-hybridized carbons (Fsp3) is 0.381. The van der Waals surface area contributed by atoms with Crippen LogP contribution in [0.25, 0.3) is 0 Å². The molecule has 148 valence electrons. The Morgan fingerprint density at radius 3 is 2.89 bits per heavy atom. The van der Waals surface area contributed by atoms with E-state index in [-0.39, 0.29) is 12.5 Å². The number of nitrogens with one attached hydrogen (secondary N) is 2. The monoisotopic (exact) mass is 397 g/mol. The average molecular weight is 398 g/mol. The van der Waals surface area contributed by atoms with E-state index in [4.69, 9.17) is 0 Å². The number of aromatic nitrogens is 1. The van der Waals surface area contributed by atoms with Crippen molar-refractivity contribution in [2.45, 2.75) is 18.2 Å². The van der Waals surface area contributed by atoms with Gasteiger partial charge in [0.05, 0.1) is 11.9 Å². The molecule has 28 heavy (non-hydrogen) atoms. The van der Waals surface area contributed by atoms with E-state index in [0.29, 0.717) is 11.6 Å². The summed E-state index contributed by atoms with van der Waals surface area (Å²) in [4.78, 5) is 24.3. The Morgan fingerprint density at radius 2 is 2.14 bits per heavy atom. The minimum Gasteiger partial charge on any atom is -0.357 e. The van der Waals surface area contributed by atoms with Crippen molar-refractivity contribution in [1.29, 1.82) is 0 Å².